The molecule has 1 N–H and O–H groups in total. The van der Waals surface area contributed by atoms with Crippen LogP contribution in [0.2, 0.25) is 0 Å². The third-order valence-electron chi connectivity index (χ3n) is 5.01. The van der Waals surface area contributed by atoms with Crippen molar-refractivity contribution in [1.29, 1.82) is 0 Å². The van der Waals surface area contributed by atoms with Gasteiger partial charge in [-0.05, 0) is 52.9 Å². The topological polar surface area (TPSA) is 63.6 Å². The van der Waals surface area contributed by atoms with E-state index in [-0.39, 0.29) is 11.6 Å². The number of carbonyl (C=O) groups is 2. The Labute approximate surface area is 167 Å². The van der Waals surface area contributed by atoms with Crippen molar-refractivity contribution in [2.24, 2.45) is 5.92 Å². The Hall–Kier alpha value is -1.58. The van der Waals surface area contributed by atoms with Gasteiger partial charge in [0.05, 0.1) is 0 Å². The first-order valence-corrected chi connectivity index (χ1v) is 10.2. The first-order valence-electron chi connectivity index (χ1n) is 10.2. The van der Waals surface area contributed by atoms with E-state index in [1.54, 1.807) is 13.8 Å². The second kappa shape index (κ2) is 14.5. The zero-order valence-electron chi connectivity index (χ0n) is 18.9. The second-order valence-electron chi connectivity index (χ2n) is 7.91. The summed E-state index contributed by atoms with van der Waals surface area (Å²) in [7, 11) is 0. The average molecular weight is 383 g/mol. The lowest BCUT2D eigenvalue weighted by Gasteiger charge is -2.33. The van der Waals surface area contributed by atoms with Crippen molar-refractivity contribution in [2.75, 3.05) is 0 Å². The van der Waals surface area contributed by atoms with Gasteiger partial charge in [-0.2, -0.15) is 0 Å². The smallest absolute Gasteiger partial charge is 0.333 e. The fourth-order valence-electron chi connectivity index (χ4n) is 2.44. The highest BCUT2D eigenvalue weighted by Crippen LogP contribution is 2.27. The summed E-state index contributed by atoms with van der Waals surface area (Å²) in [6.07, 6.45) is 7.63. The normalized spacial score (nSPS) is 13.8. The van der Waals surface area contributed by atoms with Gasteiger partial charge in [0.25, 0.3) is 0 Å². The Morgan fingerprint density at radius 2 is 1.59 bits per heavy atom. The highest BCUT2D eigenvalue weighted by atomic mass is 16.6. The van der Waals surface area contributed by atoms with Crippen LogP contribution >= 0.6 is 0 Å². The molecule has 0 fully saturated rings. The van der Waals surface area contributed by atoms with Gasteiger partial charge >= 0.3 is 11.9 Å². The average Bonchev–Trinajstić information content (AvgIpc) is 2.58. The van der Waals surface area contributed by atoms with Crippen LogP contribution in [0.4, 0.5) is 0 Å². The molecule has 0 aliphatic carbocycles. The molecule has 0 bridgehead atoms. The molecule has 0 aliphatic heterocycles. The van der Waals surface area contributed by atoms with E-state index in [0.29, 0.717) is 17.1 Å². The van der Waals surface area contributed by atoms with Crippen molar-refractivity contribution in [1.82, 2.24) is 0 Å². The van der Waals surface area contributed by atoms with Crippen molar-refractivity contribution >= 4 is 11.9 Å². The van der Waals surface area contributed by atoms with Crippen molar-refractivity contribution in [3.8, 4) is 0 Å². The van der Waals surface area contributed by atoms with Crippen molar-refractivity contribution in [3.05, 3.63) is 23.3 Å². The number of carboxylic acid groups (broad SMARTS) is 1. The highest BCUT2D eigenvalue weighted by molar-refractivity contribution is 5.87. The number of rotatable bonds is 11. The maximum Gasteiger partial charge on any atom is 0.333 e. The summed E-state index contributed by atoms with van der Waals surface area (Å²) >= 11 is 0. The lowest BCUT2D eigenvalue weighted by Crippen LogP contribution is -2.37. The molecule has 0 aromatic heterocycles. The second-order valence-corrected chi connectivity index (χ2v) is 7.91. The van der Waals surface area contributed by atoms with Crippen molar-refractivity contribution in [3.63, 3.8) is 0 Å². The Balaban J connectivity index is 0. The van der Waals surface area contributed by atoms with E-state index in [1.807, 2.05) is 13.8 Å². The van der Waals surface area contributed by atoms with Gasteiger partial charge in [-0.3, -0.25) is 0 Å². The lowest BCUT2D eigenvalue weighted by atomic mass is 9.88. The van der Waals surface area contributed by atoms with Crippen LogP contribution in [0.1, 0.15) is 100 Å². The zero-order valence-corrected chi connectivity index (χ0v) is 18.9. The molecule has 0 aliphatic rings. The lowest BCUT2D eigenvalue weighted by molar-refractivity contribution is -0.158. The van der Waals surface area contributed by atoms with Crippen LogP contribution in [-0.4, -0.2) is 22.6 Å². The summed E-state index contributed by atoms with van der Waals surface area (Å²) in [5, 5.41) is 8.70. The minimum atomic E-state index is -0.784. The summed E-state index contributed by atoms with van der Waals surface area (Å²) in [5.74, 6) is -0.742. The van der Waals surface area contributed by atoms with Gasteiger partial charge in [0.15, 0.2) is 0 Å². The third kappa shape index (κ3) is 12.4. The molecular weight excluding hydrogens is 340 g/mol. The van der Waals surface area contributed by atoms with Crippen molar-refractivity contribution in [2.45, 2.75) is 106 Å². The van der Waals surface area contributed by atoms with Crippen LogP contribution in [0.5, 0.6) is 0 Å². The molecule has 0 saturated heterocycles. The third-order valence-corrected chi connectivity index (χ3v) is 5.01. The monoisotopic (exact) mass is 382 g/mol. The van der Waals surface area contributed by atoms with Crippen LogP contribution in [0.25, 0.3) is 0 Å². The van der Waals surface area contributed by atoms with Gasteiger partial charge in [0.1, 0.15) is 5.60 Å². The predicted octanol–water partition coefficient (Wildman–Crippen LogP) is 6.70. The molecule has 0 rings (SSSR count). The summed E-state index contributed by atoms with van der Waals surface area (Å²) in [6, 6.07) is 0. The van der Waals surface area contributed by atoms with E-state index in [2.05, 4.69) is 34.3 Å². The summed E-state index contributed by atoms with van der Waals surface area (Å²) in [5.41, 5.74) is 1.64. The summed E-state index contributed by atoms with van der Waals surface area (Å²) in [4.78, 5) is 22.0. The van der Waals surface area contributed by atoms with Gasteiger partial charge in [0.2, 0.25) is 0 Å². The number of allylic oxidation sites excluding steroid dienone is 1. The highest BCUT2D eigenvalue weighted by Gasteiger charge is 2.31. The summed E-state index contributed by atoms with van der Waals surface area (Å²) < 4.78 is 5.46. The van der Waals surface area contributed by atoms with Gasteiger partial charge < -0.3 is 9.84 Å². The van der Waals surface area contributed by atoms with Gasteiger partial charge in [-0.15, -0.1) is 0 Å². The van der Waals surface area contributed by atoms with Crippen LogP contribution < -0.4 is 0 Å². The van der Waals surface area contributed by atoms with Crippen LogP contribution in [-0.2, 0) is 14.3 Å². The summed E-state index contributed by atoms with van der Waals surface area (Å²) in [6.45, 7) is 19.2. The SMILES string of the molecule is C=C(C)C(=O)OC(C)(CCC)C(C)C.CCCCCCC(C)=C(C)C(=O)O. The molecule has 0 heterocycles. The first-order chi connectivity index (χ1) is 12.4. The Bertz CT molecular complexity index is 503. The van der Waals surface area contributed by atoms with E-state index >= 15 is 0 Å². The molecule has 27 heavy (non-hydrogen) atoms. The molecule has 4 nitrogen and oxygen atoms in total. The molecule has 1 atom stereocenters. The number of hydrogen-bond acceptors (Lipinski definition) is 3. The number of ether oxygens (including phenoxy) is 1. The van der Waals surface area contributed by atoms with E-state index in [4.69, 9.17) is 9.84 Å². The zero-order chi connectivity index (χ0) is 21.6. The van der Waals surface area contributed by atoms with Gasteiger partial charge in [0, 0.05) is 11.1 Å². The predicted molar refractivity (Wildman–Crippen MR) is 114 cm³/mol. The number of carboxylic acids is 1. The molecule has 158 valence electrons. The molecule has 0 aromatic carbocycles. The number of aliphatic carboxylic acids is 1. The van der Waals surface area contributed by atoms with Crippen LogP contribution in [0.15, 0.2) is 23.3 Å². The molecular formula is C23H42O4. The van der Waals surface area contributed by atoms with E-state index < -0.39 is 5.97 Å². The van der Waals surface area contributed by atoms with E-state index in [9.17, 15) is 9.59 Å². The molecule has 0 amide bonds. The minimum Gasteiger partial charge on any atom is -0.478 e. The van der Waals surface area contributed by atoms with E-state index in [1.165, 1.54) is 19.3 Å². The van der Waals surface area contributed by atoms with Gasteiger partial charge in [-0.1, -0.05) is 65.5 Å². The molecule has 0 spiro atoms. The molecule has 4 heteroatoms. The molecule has 0 aromatic rings. The van der Waals surface area contributed by atoms with Gasteiger partial charge in [-0.25, -0.2) is 9.59 Å². The Kier molecular flexibility index (Phi) is 14.8. The van der Waals surface area contributed by atoms with Crippen molar-refractivity contribution < 1.29 is 19.4 Å². The molecule has 1 unspecified atom stereocenters. The van der Waals surface area contributed by atoms with Crippen LogP contribution in [0.3, 0.4) is 0 Å². The number of unbranched alkanes of at least 4 members (excludes halogenated alkanes) is 3. The molecule has 0 radical (unpaired) electrons. The van der Waals surface area contributed by atoms with Crippen LogP contribution in [0, 0.1) is 5.92 Å². The Morgan fingerprint density at radius 1 is 1.04 bits per heavy atom. The number of carbonyl (C=O) groups excluding carboxylic acids is 1. The number of esters is 1. The number of hydrogen-bond donors (Lipinski definition) is 1. The maximum absolute atomic E-state index is 11.4. The fourth-order valence-corrected chi connectivity index (χ4v) is 2.44. The quantitative estimate of drug-likeness (QED) is 0.245. The first kappa shape index (κ1) is 27.6. The Morgan fingerprint density at radius 3 is 1.96 bits per heavy atom. The fraction of sp³-hybridized carbons (Fsp3) is 0.739. The maximum atomic E-state index is 11.4. The van der Waals surface area contributed by atoms with E-state index in [0.717, 1.165) is 31.3 Å². The molecule has 0 saturated carbocycles. The standard InChI is InChI=1S/C12H22O2.C11H20O2/c1-7-8-12(6,10(4)5)14-11(13)9(2)3;1-4-5-6-7-8-9(2)10(3)11(12)13/h10H,2,7-8H2,1,3-6H3;4-8H2,1-3H3,(H,12,13). The minimum absolute atomic E-state index is 0.283. The largest absolute Gasteiger partial charge is 0.478 e.